The molecule has 0 radical (unpaired) electrons. The van der Waals surface area contributed by atoms with Crippen molar-refractivity contribution in [3.63, 3.8) is 0 Å². The second kappa shape index (κ2) is 8.37. The van der Waals surface area contributed by atoms with Crippen molar-refractivity contribution in [3.05, 3.63) is 65.2 Å². The van der Waals surface area contributed by atoms with E-state index < -0.39 is 28.1 Å². The Bertz CT molecular complexity index is 890. The maximum absolute atomic E-state index is 13.0. The topological polar surface area (TPSA) is 95.9 Å². The summed E-state index contributed by atoms with van der Waals surface area (Å²) in [7, 11) is -3.95. The fourth-order valence-corrected chi connectivity index (χ4v) is 4.82. The summed E-state index contributed by atoms with van der Waals surface area (Å²) >= 11 is 5.82. The first-order valence-electron chi connectivity index (χ1n) is 8.30. The summed E-state index contributed by atoms with van der Waals surface area (Å²) in [6.07, 6.45) is -0.350. The van der Waals surface area contributed by atoms with Crippen LogP contribution >= 0.6 is 11.6 Å². The smallest absolute Gasteiger partial charge is 0.264 e. The molecule has 3 rings (SSSR count). The number of carbonyl (C=O) groups excluding carboxylic acids is 1. The fourth-order valence-electron chi connectivity index (χ4n) is 3.07. The van der Waals surface area contributed by atoms with Crippen LogP contribution in [0.5, 0.6) is 0 Å². The lowest BCUT2D eigenvalue weighted by atomic mass is 10.1. The van der Waals surface area contributed by atoms with E-state index in [0.29, 0.717) is 11.4 Å². The molecule has 2 atom stereocenters. The van der Waals surface area contributed by atoms with Crippen LogP contribution in [0.3, 0.4) is 0 Å². The monoisotopic (exact) mass is 410 g/mol. The van der Waals surface area contributed by atoms with Gasteiger partial charge in [0.25, 0.3) is 5.91 Å². The number of sulfonamides is 1. The molecule has 0 saturated carbocycles. The number of carbonyl (C=O) groups is 1. The van der Waals surface area contributed by atoms with E-state index in [1.54, 1.807) is 5.48 Å². The predicted octanol–water partition coefficient (Wildman–Crippen LogP) is 2.19. The normalized spacial score (nSPS) is 20.5. The Morgan fingerprint density at radius 1 is 1.19 bits per heavy atom. The fraction of sp³-hybridized carbons (Fsp3) is 0.278. The Kier molecular flexibility index (Phi) is 6.13. The maximum Gasteiger partial charge on any atom is 0.264 e. The summed E-state index contributed by atoms with van der Waals surface area (Å²) in [5, 5.41) is 9.50. The number of hydroxylamine groups is 1. The van der Waals surface area contributed by atoms with Gasteiger partial charge in [-0.1, -0.05) is 41.9 Å². The summed E-state index contributed by atoms with van der Waals surface area (Å²) < 4.78 is 32.8. The lowest BCUT2D eigenvalue weighted by Gasteiger charge is -2.26. The molecule has 1 heterocycles. The Morgan fingerprint density at radius 2 is 1.85 bits per heavy atom. The molecule has 2 aromatic carbocycles. The lowest BCUT2D eigenvalue weighted by molar-refractivity contribution is -0.136. The molecule has 1 aliphatic rings. The number of halogens is 1. The van der Waals surface area contributed by atoms with Gasteiger partial charge in [-0.15, -0.1) is 0 Å². The summed E-state index contributed by atoms with van der Waals surface area (Å²) in [4.78, 5) is 12.2. The minimum atomic E-state index is -3.95. The third kappa shape index (κ3) is 4.31. The Hall–Kier alpha value is -1.97. The molecule has 1 amide bonds. The molecule has 144 valence electrons. The van der Waals surface area contributed by atoms with Crippen LogP contribution in [-0.4, -0.2) is 42.5 Å². The Balaban J connectivity index is 1.82. The van der Waals surface area contributed by atoms with Gasteiger partial charge in [-0.25, -0.2) is 13.9 Å². The van der Waals surface area contributed by atoms with Crippen LogP contribution < -0.4 is 5.48 Å². The van der Waals surface area contributed by atoms with E-state index in [2.05, 4.69) is 0 Å². The number of hydrogen-bond donors (Lipinski definition) is 2. The molecule has 2 aromatic rings. The van der Waals surface area contributed by atoms with Crippen LogP contribution in [0.2, 0.25) is 5.02 Å². The van der Waals surface area contributed by atoms with E-state index in [-0.39, 0.29) is 18.0 Å². The van der Waals surface area contributed by atoms with Crippen LogP contribution in [-0.2, 0) is 26.2 Å². The van der Waals surface area contributed by atoms with E-state index in [9.17, 15) is 13.2 Å². The summed E-state index contributed by atoms with van der Waals surface area (Å²) in [6, 6.07) is 13.9. The van der Waals surface area contributed by atoms with Crippen LogP contribution in [0.4, 0.5) is 0 Å². The van der Waals surface area contributed by atoms with Crippen molar-refractivity contribution in [1.82, 2.24) is 9.79 Å². The molecular formula is C18H19ClN2O5S. The van der Waals surface area contributed by atoms with Crippen LogP contribution in [0.1, 0.15) is 12.0 Å². The number of amides is 1. The van der Waals surface area contributed by atoms with E-state index in [1.165, 1.54) is 24.3 Å². The molecule has 0 unspecified atom stereocenters. The molecule has 0 aromatic heterocycles. The molecular weight excluding hydrogens is 392 g/mol. The minimum absolute atomic E-state index is 0.0198. The van der Waals surface area contributed by atoms with E-state index in [0.717, 1.165) is 9.87 Å². The zero-order chi connectivity index (χ0) is 19.4. The second-order valence-electron chi connectivity index (χ2n) is 6.11. The van der Waals surface area contributed by atoms with Crippen molar-refractivity contribution < 1.29 is 23.2 Å². The van der Waals surface area contributed by atoms with Crippen molar-refractivity contribution in [2.75, 3.05) is 6.54 Å². The van der Waals surface area contributed by atoms with Crippen molar-refractivity contribution in [3.8, 4) is 0 Å². The van der Waals surface area contributed by atoms with E-state index in [1.807, 2.05) is 30.3 Å². The first-order chi connectivity index (χ1) is 12.9. The number of nitrogens with zero attached hydrogens (tertiary/aromatic N) is 1. The van der Waals surface area contributed by atoms with Crippen molar-refractivity contribution in [2.24, 2.45) is 0 Å². The highest BCUT2D eigenvalue weighted by Crippen LogP contribution is 2.29. The van der Waals surface area contributed by atoms with Crippen molar-refractivity contribution in [2.45, 2.75) is 30.1 Å². The molecule has 0 spiro atoms. The maximum atomic E-state index is 13.0. The van der Waals surface area contributed by atoms with Gasteiger partial charge in [-0.05, 0) is 36.2 Å². The molecule has 1 fully saturated rings. The van der Waals surface area contributed by atoms with Crippen molar-refractivity contribution >= 4 is 27.5 Å². The molecule has 1 aliphatic heterocycles. The average Bonchev–Trinajstić information content (AvgIpc) is 3.12. The van der Waals surface area contributed by atoms with Crippen LogP contribution in [0.25, 0.3) is 0 Å². The van der Waals surface area contributed by atoms with Gasteiger partial charge < -0.3 is 4.74 Å². The highest BCUT2D eigenvalue weighted by molar-refractivity contribution is 7.89. The zero-order valence-corrected chi connectivity index (χ0v) is 15.9. The summed E-state index contributed by atoms with van der Waals surface area (Å²) in [5.74, 6) is -0.830. The van der Waals surface area contributed by atoms with Gasteiger partial charge in [0.05, 0.1) is 17.6 Å². The van der Waals surface area contributed by atoms with Gasteiger partial charge in [0.2, 0.25) is 10.0 Å². The average molecular weight is 411 g/mol. The quantitative estimate of drug-likeness (QED) is 0.562. The third-order valence-corrected chi connectivity index (χ3v) is 6.55. The van der Waals surface area contributed by atoms with Crippen molar-refractivity contribution in [1.29, 1.82) is 0 Å². The molecule has 7 nitrogen and oxygen atoms in total. The van der Waals surface area contributed by atoms with Gasteiger partial charge in [0.15, 0.2) is 0 Å². The minimum Gasteiger partial charge on any atom is -0.371 e. The highest BCUT2D eigenvalue weighted by atomic mass is 35.5. The first-order valence-corrected chi connectivity index (χ1v) is 10.1. The molecule has 2 N–H and O–H groups in total. The number of rotatable bonds is 6. The number of benzene rings is 2. The van der Waals surface area contributed by atoms with Gasteiger partial charge in [0.1, 0.15) is 6.04 Å². The van der Waals surface area contributed by atoms with E-state index in [4.69, 9.17) is 21.5 Å². The molecule has 0 bridgehead atoms. The molecule has 1 saturated heterocycles. The number of ether oxygens (including phenoxy) is 1. The largest absolute Gasteiger partial charge is 0.371 e. The van der Waals surface area contributed by atoms with Gasteiger partial charge in [-0.3, -0.25) is 10.0 Å². The standard InChI is InChI=1S/C18H19ClN2O5S/c19-14-6-8-15(9-7-14)27(24,25)21-11-10-16(17(21)18(22)20-23)26-12-13-4-2-1-3-5-13/h1-9,16-17,23H,10-12H2,(H,20,22)/t16-,17+/m0/s1. The molecule has 0 aliphatic carbocycles. The number of nitrogens with one attached hydrogen (secondary N) is 1. The van der Waals surface area contributed by atoms with E-state index >= 15 is 0 Å². The van der Waals surface area contributed by atoms with Crippen LogP contribution in [0.15, 0.2) is 59.5 Å². The highest BCUT2D eigenvalue weighted by Gasteiger charge is 2.46. The van der Waals surface area contributed by atoms with Gasteiger partial charge in [0, 0.05) is 11.6 Å². The predicted molar refractivity (Wildman–Crippen MR) is 98.7 cm³/mol. The lowest BCUT2D eigenvalue weighted by Crippen LogP contribution is -2.49. The first kappa shape index (κ1) is 19.8. The Labute approximate surface area is 162 Å². The van der Waals surface area contributed by atoms with Gasteiger partial charge in [-0.2, -0.15) is 4.31 Å². The summed E-state index contributed by atoms with van der Waals surface area (Å²) in [6.45, 7) is 0.331. The third-order valence-electron chi connectivity index (χ3n) is 4.40. The SMILES string of the molecule is O=C(NO)[C@H]1[C@@H](OCc2ccccc2)CCN1S(=O)(=O)c1ccc(Cl)cc1. The van der Waals surface area contributed by atoms with Gasteiger partial charge >= 0.3 is 0 Å². The number of hydrogen-bond acceptors (Lipinski definition) is 5. The molecule has 9 heteroatoms. The Morgan fingerprint density at radius 3 is 2.48 bits per heavy atom. The second-order valence-corrected chi connectivity index (χ2v) is 8.44. The molecule has 27 heavy (non-hydrogen) atoms. The zero-order valence-electron chi connectivity index (χ0n) is 14.3. The summed E-state index contributed by atoms with van der Waals surface area (Å²) in [5.41, 5.74) is 2.45. The van der Waals surface area contributed by atoms with Crippen LogP contribution in [0, 0.1) is 0 Å².